The third kappa shape index (κ3) is 1.39. The normalized spacial score (nSPS) is 10.7. The molecule has 0 saturated carbocycles. The van der Waals surface area contributed by atoms with Crippen molar-refractivity contribution in [1.29, 1.82) is 0 Å². The minimum absolute atomic E-state index is 0.275. The second kappa shape index (κ2) is 3.09. The number of fused-ring (bicyclic) bond motifs is 1. The zero-order valence-electron chi connectivity index (χ0n) is 6.97. The van der Waals surface area contributed by atoms with Gasteiger partial charge in [-0.15, -0.1) is 0 Å². The first-order valence-corrected chi connectivity index (χ1v) is 4.65. The Balaban J connectivity index is 2.72. The standard InChI is InChI=1S/C9H6BrFN2O/c10-5-3-7-4(1-6(5)11)2-8(13-7)9(12)14/h1-3,13H,(H2,12,14). The number of halogens is 2. The van der Waals surface area contributed by atoms with Crippen molar-refractivity contribution in [2.24, 2.45) is 5.73 Å². The van der Waals surface area contributed by atoms with Gasteiger partial charge in [-0.1, -0.05) is 0 Å². The van der Waals surface area contributed by atoms with Crippen molar-refractivity contribution in [3.63, 3.8) is 0 Å². The lowest BCUT2D eigenvalue weighted by molar-refractivity contribution is 0.0996. The number of nitrogens with one attached hydrogen (secondary N) is 1. The van der Waals surface area contributed by atoms with E-state index in [-0.39, 0.29) is 11.5 Å². The number of primary amides is 1. The van der Waals surface area contributed by atoms with Crippen LogP contribution in [-0.4, -0.2) is 10.9 Å². The first-order chi connectivity index (χ1) is 6.58. The van der Waals surface area contributed by atoms with Gasteiger partial charge in [-0.2, -0.15) is 0 Å². The number of nitrogens with two attached hydrogens (primary N) is 1. The van der Waals surface area contributed by atoms with E-state index in [9.17, 15) is 9.18 Å². The van der Waals surface area contributed by atoms with Crippen LogP contribution >= 0.6 is 15.9 Å². The minimum atomic E-state index is -0.558. The topological polar surface area (TPSA) is 58.9 Å². The molecule has 0 spiro atoms. The summed E-state index contributed by atoms with van der Waals surface area (Å²) < 4.78 is 13.4. The van der Waals surface area contributed by atoms with Crippen molar-refractivity contribution in [2.75, 3.05) is 0 Å². The van der Waals surface area contributed by atoms with Gasteiger partial charge >= 0.3 is 0 Å². The summed E-state index contributed by atoms with van der Waals surface area (Å²) in [5.74, 6) is -0.926. The number of H-pyrrole nitrogens is 1. The molecule has 1 amide bonds. The lowest BCUT2D eigenvalue weighted by Gasteiger charge is -1.93. The highest BCUT2D eigenvalue weighted by atomic mass is 79.9. The maximum absolute atomic E-state index is 13.1. The van der Waals surface area contributed by atoms with Crippen molar-refractivity contribution in [2.45, 2.75) is 0 Å². The molecule has 2 aromatic rings. The summed E-state index contributed by atoms with van der Waals surface area (Å²) in [6, 6.07) is 4.42. The highest BCUT2D eigenvalue weighted by Gasteiger charge is 2.08. The van der Waals surface area contributed by atoms with Crippen LogP contribution in [0, 0.1) is 5.82 Å². The molecule has 14 heavy (non-hydrogen) atoms. The van der Waals surface area contributed by atoms with Gasteiger partial charge in [-0.05, 0) is 34.1 Å². The number of rotatable bonds is 1. The fraction of sp³-hybridized carbons (Fsp3) is 0. The van der Waals surface area contributed by atoms with E-state index in [1.165, 1.54) is 12.1 Å². The smallest absolute Gasteiger partial charge is 0.265 e. The highest BCUT2D eigenvalue weighted by Crippen LogP contribution is 2.23. The summed E-state index contributed by atoms with van der Waals surface area (Å²) in [6.45, 7) is 0. The minimum Gasteiger partial charge on any atom is -0.364 e. The van der Waals surface area contributed by atoms with E-state index in [2.05, 4.69) is 20.9 Å². The fourth-order valence-corrected chi connectivity index (χ4v) is 1.60. The molecule has 0 aliphatic rings. The molecule has 5 heteroatoms. The van der Waals surface area contributed by atoms with Gasteiger partial charge in [0.05, 0.1) is 4.47 Å². The molecular formula is C9H6BrFN2O. The van der Waals surface area contributed by atoms with Gasteiger partial charge in [-0.25, -0.2) is 4.39 Å². The van der Waals surface area contributed by atoms with Crippen LogP contribution in [0.15, 0.2) is 22.7 Å². The Kier molecular flexibility index (Phi) is 2.03. The third-order valence-electron chi connectivity index (χ3n) is 1.93. The van der Waals surface area contributed by atoms with Crippen molar-refractivity contribution < 1.29 is 9.18 Å². The molecule has 1 aromatic carbocycles. The predicted molar refractivity (Wildman–Crippen MR) is 54.5 cm³/mol. The van der Waals surface area contributed by atoms with E-state index in [1.807, 2.05) is 0 Å². The highest BCUT2D eigenvalue weighted by molar-refractivity contribution is 9.10. The molecule has 3 N–H and O–H groups in total. The van der Waals surface area contributed by atoms with Gasteiger partial charge in [0.15, 0.2) is 0 Å². The quantitative estimate of drug-likeness (QED) is 0.808. The van der Waals surface area contributed by atoms with Gasteiger partial charge < -0.3 is 10.7 Å². The first-order valence-electron chi connectivity index (χ1n) is 3.85. The summed E-state index contributed by atoms with van der Waals surface area (Å²) in [4.78, 5) is 13.6. The lowest BCUT2D eigenvalue weighted by Crippen LogP contribution is -2.10. The molecule has 0 atom stereocenters. The van der Waals surface area contributed by atoms with E-state index >= 15 is 0 Å². The van der Waals surface area contributed by atoms with Gasteiger partial charge in [0.2, 0.25) is 0 Å². The molecule has 0 fully saturated rings. The van der Waals surface area contributed by atoms with E-state index in [4.69, 9.17) is 5.73 Å². The van der Waals surface area contributed by atoms with Crippen molar-refractivity contribution in [1.82, 2.24) is 4.98 Å². The molecule has 0 unspecified atom stereocenters. The van der Waals surface area contributed by atoms with Crippen LogP contribution in [0.1, 0.15) is 10.5 Å². The average molecular weight is 257 g/mol. The van der Waals surface area contributed by atoms with Gasteiger partial charge in [0.25, 0.3) is 5.91 Å². The molecule has 0 aliphatic heterocycles. The van der Waals surface area contributed by atoms with Crippen LogP contribution in [0.2, 0.25) is 0 Å². The number of hydrogen-bond acceptors (Lipinski definition) is 1. The lowest BCUT2D eigenvalue weighted by atomic mass is 10.2. The van der Waals surface area contributed by atoms with Crippen LogP contribution in [0.3, 0.4) is 0 Å². The predicted octanol–water partition coefficient (Wildman–Crippen LogP) is 2.17. The number of benzene rings is 1. The SMILES string of the molecule is NC(=O)c1cc2cc(F)c(Br)cc2[nH]1. The Morgan fingerprint density at radius 2 is 2.14 bits per heavy atom. The van der Waals surface area contributed by atoms with Crippen molar-refractivity contribution >= 4 is 32.7 Å². The van der Waals surface area contributed by atoms with E-state index in [0.717, 1.165) is 0 Å². The molecule has 1 aromatic heterocycles. The van der Waals surface area contributed by atoms with Gasteiger partial charge in [0.1, 0.15) is 11.5 Å². The number of carbonyl (C=O) groups excluding carboxylic acids is 1. The van der Waals surface area contributed by atoms with Gasteiger partial charge in [-0.3, -0.25) is 4.79 Å². The van der Waals surface area contributed by atoms with Crippen LogP contribution in [0.5, 0.6) is 0 Å². The zero-order chi connectivity index (χ0) is 10.3. The number of amides is 1. The van der Waals surface area contributed by atoms with E-state index in [0.29, 0.717) is 15.4 Å². The number of carbonyl (C=O) groups is 1. The molecule has 1 heterocycles. The molecular weight excluding hydrogens is 251 g/mol. The Hall–Kier alpha value is -1.36. The summed E-state index contributed by atoms with van der Waals surface area (Å²) in [6.07, 6.45) is 0. The van der Waals surface area contributed by atoms with E-state index < -0.39 is 5.91 Å². The summed E-state index contributed by atoms with van der Waals surface area (Å²) in [7, 11) is 0. The Morgan fingerprint density at radius 3 is 2.79 bits per heavy atom. The maximum Gasteiger partial charge on any atom is 0.265 e. The second-order valence-electron chi connectivity index (χ2n) is 2.90. The number of hydrogen-bond donors (Lipinski definition) is 2. The van der Waals surface area contributed by atoms with Crippen LogP contribution in [-0.2, 0) is 0 Å². The molecule has 3 nitrogen and oxygen atoms in total. The van der Waals surface area contributed by atoms with Gasteiger partial charge in [0, 0.05) is 10.9 Å². The molecule has 0 bridgehead atoms. The van der Waals surface area contributed by atoms with Crippen molar-refractivity contribution in [3.05, 3.63) is 34.2 Å². The Bertz CT molecular complexity index is 482. The largest absolute Gasteiger partial charge is 0.364 e. The molecule has 0 aliphatic carbocycles. The monoisotopic (exact) mass is 256 g/mol. The van der Waals surface area contributed by atoms with E-state index in [1.54, 1.807) is 6.07 Å². The average Bonchev–Trinajstić information content (AvgIpc) is 2.48. The van der Waals surface area contributed by atoms with Crippen LogP contribution in [0.4, 0.5) is 4.39 Å². The molecule has 72 valence electrons. The Morgan fingerprint density at radius 1 is 1.43 bits per heavy atom. The summed E-state index contributed by atoms with van der Waals surface area (Å²) >= 11 is 3.05. The first kappa shape index (κ1) is 9.21. The fourth-order valence-electron chi connectivity index (χ4n) is 1.26. The third-order valence-corrected chi connectivity index (χ3v) is 2.53. The van der Waals surface area contributed by atoms with Crippen LogP contribution in [0.25, 0.3) is 10.9 Å². The number of aromatic nitrogens is 1. The Labute approximate surface area is 87.2 Å². The maximum atomic E-state index is 13.1. The van der Waals surface area contributed by atoms with Crippen molar-refractivity contribution in [3.8, 4) is 0 Å². The zero-order valence-corrected chi connectivity index (χ0v) is 8.56. The molecule has 0 radical (unpaired) electrons. The second-order valence-corrected chi connectivity index (χ2v) is 3.76. The van der Waals surface area contributed by atoms with Crippen LogP contribution < -0.4 is 5.73 Å². The summed E-state index contributed by atoms with van der Waals surface area (Å²) in [5.41, 5.74) is 6.03. The summed E-state index contributed by atoms with van der Waals surface area (Å²) in [5, 5.41) is 0.625. The number of aromatic amines is 1. The molecule has 0 saturated heterocycles. The molecule has 2 rings (SSSR count).